The number of aliphatic imine (C=N–C) groups is 1. The highest BCUT2D eigenvalue weighted by Gasteiger charge is 2.15. The third-order valence-corrected chi connectivity index (χ3v) is 3.77. The van der Waals surface area contributed by atoms with E-state index in [1.165, 1.54) is 38.8 Å². The van der Waals surface area contributed by atoms with Crippen molar-refractivity contribution in [1.29, 1.82) is 0 Å². The highest BCUT2D eigenvalue weighted by atomic mass is 16.6. The molecule has 1 aliphatic heterocycles. The molecule has 1 heterocycles. The number of nitrogens with one attached hydrogen (secondary N) is 2. The van der Waals surface area contributed by atoms with E-state index in [0.717, 1.165) is 26.1 Å². The van der Waals surface area contributed by atoms with Gasteiger partial charge in [0.15, 0.2) is 5.96 Å². The van der Waals surface area contributed by atoms with Crippen molar-refractivity contribution in [1.82, 2.24) is 15.5 Å². The highest BCUT2D eigenvalue weighted by Crippen LogP contribution is 2.09. The second kappa shape index (κ2) is 11.3. The fourth-order valence-electron chi connectivity index (χ4n) is 2.73. The average Bonchev–Trinajstić information content (AvgIpc) is 2.76. The summed E-state index contributed by atoms with van der Waals surface area (Å²) in [6.07, 6.45) is 6.48. The summed E-state index contributed by atoms with van der Waals surface area (Å²) in [7, 11) is 0. The van der Waals surface area contributed by atoms with Crippen LogP contribution in [0.15, 0.2) is 4.99 Å². The predicted molar refractivity (Wildman–Crippen MR) is 99.4 cm³/mol. The molecule has 0 radical (unpaired) electrons. The minimum absolute atomic E-state index is 0.0404. The molecule has 0 saturated carbocycles. The normalized spacial score (nSPS) is 17.2. The van der Waals surface area contributed by atoms with Gasteiger partial charge in [-0.2, -0.15) is 0 Å². The second-order valence-corrected chi connectivity index (χ2v) is 7.32. The third kappa shape index (κ3) is 10.5. The molecule has 0 amide bonds. The first kappa shape index (κ1) is 20.7. The number of hydrogen-bond donors (Lipinski definition) is 2. The smallest absolute Gasteiger partial charge is 0.328 e. The largest absolute Gasteiger partial charge is 0.459 e. The fraction of sp³-hybridized carbons (Fsp3) is 0.889. The first-order valence-electron chi connectivity index (χ1n) is 9.37. The summed E-state index contributed by atoms with van der Waals surface area (Å²) < 4.78 is 5.27. The zero-order chi connectivity index (χ0) is 17.8. The molecule has 0 aliphatic carbocycles. The van der Waals surface area contributed by atoms with Crippen LogP contribution in [0.4, 0.5) is 0 Å². The molecule has 2 N–H and O–H groups in total. The maximum atomic E-state index is 11.7. The summed E-state index contributed by atoms with van der Waals surface area (Å²) in [4.78, 5) is 18.6. The van der Waals surface area contributed by atoms with E-state index >= 15 is 0 Å². The molecule has 0 atom stereocenters. The first-order valence-corrected chi connectivity index (χ1v) is 9.37. The molecule has 24 heavy (non-hydrogen) atoms. The van der Waals surface area contributed by atoms with E-state index in [9.17, 15) is 4.79 Å². The zero-order valence-electron chi connectivity index (χ0n) is 16.0. The predicted octanol–water partition coefficient (Wildman–Crippen LogP) is 2.15. The summed E-state index contributed by atoms with van der Waals surface area (Å²) >= 11 is 0. The number of ether oxygens (including phenoxy) is 1. The third-order valence-electron chi connectivity index (χ3n) is 3.77. The van der Waals surface area contributed by atoms with Gasteiger partial charge in [-0.3, -0.25) is 4.79 Å². The Hall–Kier alpha value is -1.30. The van der Waals surface area contributed by atoms with Gasteiger partial charge in [0.25, 0.3) is 0 Å². The van der Waals surface area contributed by atoms with Crippen LogP contribution < -0.4 is 10.6 Å². The minimum atomic E-state index is -0.467. The van der Waals surface area contributed by atoms with E-state index in [2.05, 4.69) is 20.5 Å². The van der Waals surface area contributed by atoms with Crippen molar-refractivity contribution in [3.05, 3.63) is 0 Å². The number of hydrogen-bond acceptors (Lipinski definition) is 4. The number of likely N-dealkylation sites (tertiary alicyclic amines) is 1. The van der Waals surface area contributed by atoms with E-state index in [4.69, 9.17) is 4.74 Å². The SMILES string of the molecule is CCNC(=NCC(=O)OC(C)(C)C)NCCCN1CCCCCC1. The molecule has 6 nitrogen and oxygen atoms in total. The molecule has 6 heteroatoms. The molecule has 1 aliphatic rings. The summed E-state index contributed by atoms with van der Waals surface area (Å²) in [5, 5.41) is 6.47. The Morgan fingerprint density at radius 1 is 1.12 bits per heavy atom. The van der Waals surface area contributed by atoms with Gasteiger partial charge in [0, 0.05) is 13.1 Å². The molecule has 0 unspecified atom stereocenters. The van der Waals surface area contributed by atoms with Crippen LogP contribution in [0, 0.1) is 0 Å². The molecule has 140 valence electrons. The lowest BCUT2D eigenvalue weighted by molar-refractivity contribution is -0.152. The standard InChI is InChI=1S/C18H36N4O2/c1-5-19-17(21-15-16(23)24-18(2,3)4)20-11-10-14-22-12-8-6-7-9-13-22/h5-15H2,1-4H3,(H2,19,20,21). The summed E-state index contributed by atoms with van der Waals surface area (Å²) in [5.41, 5.74) is -0.467. The molecule has 0 aromatic rings. The van der Waals surface area contributed by atoms with Crippen molar-refractivity contribution in [3.63, 3.8) is 0 Å². The van der Waals surface area contributed by atoms with Crippen molar-refractivity contribution < 1.29 is 9.53 Å². The van der Waals surface area contributed by atoms with Gasteiger partial charge in [0.1, 0.15) is 12.1 Å². The maximum Gasteiger partial charge on any atom is 0.328 e. The number of guanidine groups is 1. The Labute approximate surface area is 147 Å². The van der Waals surface area contributed by atoms with E-state index in [-0.39, 0.29) is 12.5 Å². The van der Waals surface area contributed by atoms with Crippen LogP contribution in [0.3, 0.4) is 0 Å². The molecular formula is C18H36N4O2. The Morgan fingerprint density at radius 2 is 1.79 bits per heavy atom. The van der Waals surface area contributed by atoms with Gasteiger partial charge in [-0.1, -0.05) is 12.8 Å². The quantitative estimate of drug-likeness (QED) is 0.322. The molecular weight excluding hydrogens is 304 g/mol. The first-order chi connectivity index (χ1) is 11.4. The van der Waals surface area contributed by atoms with Crippen LogP contribution in [-0.2, 0) is 9.53 Å². The topological polar surface area (TPSA) is 66.0 Å². The number of carbonyl (C=O) groups excluding carboxylic acids is 1. The molecule has 0 aromatic heterocycles. The van der Waals surface area contributed by atoms with Crippen LogP contribution in [-0.4, -0.2) is 61.7 Å². The summed E-state index contributed by atoms with van der Waals surface area (Å²) in [6, 6.07) is 0. The van der Waals surface area contributed by atoms with Crippen molar-refractivity contribution in [2.45, 2.75) is 65.4 Å². The van der Waals surface area contributed by atoms with Gasteiger partial charge in [-0.25, -0.2) is 4.99 Å². The van der Waals surface area contributed by atoms with Crippen LogP contribution in [0.1, 0.15) is 59.8 Å². The van der Waals surface area contributed by atoms with E-state index in [0.29, 0.717) is 5.96 Å². The Balaban J connectivity index is 2.28. The molecule has 0 aromatic carbocycles. The maximum absolute atomic E-state index is 11.7. The molecule has 1 saturated heterocycles. The molecule has 1 rings (SSSR count). The van der Waals surface area contributed by atoms with Crippen LogP contribution in [0.2, 0.25) is 0 Å². The Bertz CT molecular complexity index is 383. The fourth-order valence-corrected chi connectivity index (χ4v) is 2.73. The van der Waals surface area contributed by atoms with Crippen molar-refractivity contribution in [2.75, 3.05) is 39.3 Å². The van der Waals surface area contributed by atoms with Gasteiger partial charge in [0.2, 0.25) is 0 Å². The van der Waals surface area contributed by atoms with Crippen molar-refractivity contribution in [3.8, 4) is 0 Å². The van der Waals surface area contributed by atoms with Crippen molar-refractivity contribution in [2.24, 2.45) is 4.99 Å². The zero-order valence-corrected chi connectivity index (χ0v) is 16.0. The Kier molecular flexibility index (Phi) is 9.76. The lowest BCUT2D eigenvalue weighted by Crippen LogP contribution is -2.39. The Morgan fingerprint density at radius 3 is 2.38 bits per heavy atom. The van der Waals surface area contributed by atoms with E-state index in [1.54, 1.807) is 0 Å². The van der Waals surface area contributed by atoms with Gasteiger partial charge < -0.3 is 20.3 Å². The van der Waals surface area contributed by atoms with Crippen LogP contribution in [0.25, 0.3) is 0 Å². The number of esters is 1. The molecule has 0 spiro atoms. The summed E-state index contributed by atoms with van der Waals surface area (Å²) in [6.45, 7) is 12.9. The molecule has 1 fully saturated rings. The lowest BCUT2D eigenvalue weighted by Gasteiger charge is -2.20. The van der Waals surface area contributed by atoms with Crippen LogP contribution in [0.5, 0.6) is 0 Å². The summed E-state index contributed by atoms with van der Waals surface area (Å²) in [5.74, 6) is 0.378. The number of rotatable bonds is 7. The van der Waals surface area contributed by atoms with E-state index in [1.807, 2.05) is 27.7 Å². The second-order valence-electron chi connectivity index (χ2n) is 7.32. The van der Waals surface area contributed by atoms with Gasteiger partial charge in [-0.15, -0.1) is 0 Å². The van der Waals surface area contributed by atoms with Gasteiger partial charge in [-0.05, 0) is 66.6 Å². The van der Waals surface area contributed by atoms with Gasteiger partial charge >= 0.3 is 5.97 Å². The highest BCUT2D eigenvalue weighted by molar-refractivity contribution is 5.83. The minimum Gasteiger partial charge on any atom is -0.459 e. The van der Waals surface area contributed by atoms with Crippen LogP contribution >= 0.6 is 0 Å². The van der Waals surface area contributed by atoms with Crippen molar-refractivity contribution >= 4 is 11.9 Å². The average molecular weight is 341 g/mol. The van der Waals surface area contributed by atoms with Gasteiger partial charge in [0.05, 0.1) is 0 Å². The number of nitrogens with zero attached hydrogens (tertiary/aromatic N) is 2. The molecule has 0 bridgehead atoms. The number of carbonyl (C=O) groups is 1. The lowest BCUT2D eigenvalue weighted by atomic mass is 10.2. The monoisotopic (exact) mass is 340 g/mol. The van der Waals surface area contributed by atoms with E-state index < -0.39 is 5.60 Å².